The van der Waals surface area contributed by atoms with E-state index < -0.39 is 0 Å². The van der Waals surface area contributed by atoms with Crippen LogP contribution in [-0.4, -0.2) is 29.9 Å². The first-order valence-electron chi connectivity index (χ1n) is 7.58. The predicted molar refractivity (Wildman–Crippen MR) is 96.1 cm³/mol. The summed E-state index contributed by atoms with van der Waals surface area (Å²) in [7, 11) is 0. The van der Waals surface area contributed by atoms with Crippen molar-refractivity contribution in [3.63, 3.8) is 0 Å². The van der Waals surface area contributed by atoms with Crippen LogP contribution in [0.1, 0.15) is 12.0 Å². The van der Waals surface area contributed by atoms with E-state index in [0.29, 0.717) is 41.2 Å². The Kier molecular flexibility index (Phi) is 5.82. The zero-order chi connectivity index (χ0) is 16.8. The summed E-state index contributed by atoms with van der Waals surface area (Å²) in [5.41, 5.74) is 1.62. The van der Waals surface area contributed by atoms with Gasteiger partial charge in [0.2, 0.25) is 5.91 Å². The Labute approximate surface area is 149 Å². The van der Waals surface area contributed by atoms with Gasteiger partial charge in [-0.1, -0.05) is 17.7 Å². The van der Waals surface area contributed by atoms with Gasteiger partial charge in [0.05, 0.1) is 29.7 Å². The van der Waals surface area contributed by atoms with Crippen LogP contribution in [0.25, 0.3) is 0 Å². The number of ether oxygens (including phenoxy) is 2. The van der Waals surface area contributed by atoms with Crippen LogP contribution < -0.4 is 14.8 Å². The third-order valence-corrected chi connectivity index (χ3v) is 4.65. The lowest BCUT2D eigenvalue weighted by atomic mass is 10.2. The fourth-order valence-corrected chi connectivity index (χ4v) is 3.18. The summed E-state index contributed by atoms with van der Waals surface area (Å²) >= 11 is 7.74. The molecular formula is C17H17ClN2O3S. The first-order chi connectivity index (χ1) is 11.7. The van der Waals surface area contributed by atoms with Crippen molar-refractivity contribution in [2.75, 3.05) is 24.3 Å². The van der Waals surface area contributed by atoms with Gasteiger partial charge < -0.3 is 14.8 Å². The minimum absolute atomic E-state index is 0.111. The molecule has 2 heterocycles. The topological polar surface area (TPSA) is 60.5 Å². The lowest BCUT2D eigenvalue weighted by molar-refractivity contribution is -0.113. The minimum Gasteiger partial charge on any atom is -0.490 e. The van der Waals surface area contributed by atoms with Crippen molar-refractivity contribution in [3.05, 3.63) is 47.2 Å². The van der Waals surface area contributed by atoms with Gasteiger partial charge in [-0.25, -0.2) is 0 Å². The molecule has 0 radical (unpaired) electrons. The number of hydrogen-bond acceptors (Lipinski definition) is 5. The van der Waals surface area contributed by atoms with E-state index >= 15 is 0 Å². The largest absolute Gasteiger partial charge is 0.490 e. The minimum atomic E-state index is -0.111. The molecule has 0 bridgehead atoms. The zero-order valence-electron chi connectivity index (χ0n) is 13.0. The quantitative estimate of drug-likeness (QED) is 0.875. The van der Waals surface area contributed by atoms with E-state index in [1.165, 1.54) is 11.8 Å². The number of benzene rings is 1. The summed E-state index contributed by atoms with van der Waals surface area (Å²) in [4.78, 5) is 16.2. The van der Waals surface area contributed by atoms with Crippen molar-refractivity contribution >= 4 is 35.0 Å². The molecular weight excluding hydrogens is 348 g/mol. The van der Waals surface area contributed by atoms with E-state index in [0.717, 1.165) is 17.7 Å². The predicted octanol–water partition coefficient (Wildman–Crippen LogP) is 3.77. The van der Waals surface area contributed by atoms with Crippen molar-refractivity contribution in [2.45, 2.75) is 12.2 Å². The molecule has 0 saturated carbocycles. The van der Waals surface area contributed by atoms with Crippen LogP contribution in [-0.2, 0) is 10.5 Å². The Hall–Kier alpha value is -1.92. The Morgan fingerprint density at radius 1 is 1.29 bits per heavy atom. The fourth-order valence-electron chi connectivity index (χ4n) is 2.21. The number of amides is 1. The molecule has 1 aromatic carbocycles. The summed E-state index contributed by atoms with van der Waals surface area (Å²) in [5, 5.41) is 3.26. The number of rotatable bonds is 5. The van der Waals surface area contributed by atoms with Gasteiger partial charge in [-0.2, -0.15) is 0 Å². The Balaban J connectivity index is 1.57. The number of pyridine rings is 1. The van der Waals surface area contributed by atoms with Crippen LogP contribution in [0.2, 0.25) is 5.02 Å². The van der Waals surface area contributed by atoms with Crippen molar-refractivity contribution in [3.8, 4) is 11.5 Å². The number of carbonyl (C=O) groups excluding carboxylic acids is 1. The maximum absolute atomic E-state index is 12.1. The highest BCUT2D eigenvalue weighted by molar-refractivity contribution is 7.99. The summed E-state index contributed by atoms with van der Waals surface area (Å²) < 4.78 is 11.2. The number of aromatic nitrogens is 1. The molecule has 1 N–H and O–H groups in total. The average molecular weight is 365 g/mol. The van der Waals surface area contributed by atoms with Crippen molar-refractivity contribution in [1.29, 1.82) is 0 Å². The molecule has 0 fully saturated rings. The number of hydrogen-bond donors (Lipinski definition) is 1. The number of nitrogens with zero attached hydrogens (tertiary/aromatic N) is 1. The molecule has 7 heteroatoms. The third kappa shape index (κ3) is 4.55. The monoisotopic (exact) mass is 364 g/mol. The van der Waals surface area contributed by atoms with Crippen LogP contribution in [0.3, 0.4) is 0 Å². The molecule has 0 saturated heterocycles. The maximum atomic E-state index is 12.1. The summed E-state index contributed by atoms with van der Waals surface area (Å²) in [5.74, 6) is 2.17. The molecule has 3 rings (SSSR count). The van der Waals surface area contributed by atoms with Crippen molar-refractivity contribution < 1.29 is 14.3 Å². The highest BCUT2D eigenvalue weighted by atomic mass is 35.5. The molecule has 1 aromatic heterocycles. The number of carbonyl (C=O) groups is 1. The first-order valence-corrected chi connectivity index (χ1v) is 9.11. The second-order valence-electron chi connectivity index (χ2n) is 5.23. The van der Waals surface area contributed by atoms with Gasteiger partial charge in [0.15, 0.2) is 11.5 Å². The smallest absolute Gasteiger partial charge is 0.234 e. The van der Waals surface area contributed by atoms with Crippen LogP contribution in [0, 0.1) is 0 Å². The van der Waals surface area contributed by atoms with E-state index in [1.807, 2.05) is 12.1 Å². The number of nitrogens with one attached hydrogen (secondary N) is 1. The van der Waals surface area contributed by atoms with Gasteiger partial charge >= 0.3 is 0 Å². The summed E-state index contributed by atoms with van der Waals surface area (Å²) in [6.45, 7) is 1.18. The second kappa shape index (κ2) is 8.26. The number of fused-ring (bicyclic) bond motifs is 1. The van der Waals surface area contributed by atoms with E-state index in [-0.39, 0.29) is 5.91 Å². The van der Waals surface area contributed by atoms with Crippen LogP contribution in [0.5, 0.6) is 11.5 Å². The van der Waals surface area contributed by atoms with E-state index in [9.17, 15) is 4.79 Å². The number of thioether (sulfide) groups is 1. The van der Waals surface area contributed by atoms with Crippen LogP contribution >= 0.6 is 23.4 Å². The standard InChI is InChI=1S/C17H17ClN2O3S/c18-13-7-15-16(23-6-2-5-22-15)8-14(13)20-17(21)11-24-10-12-3-1-4-19-9-12/h1,3-4,7-9H,2,5-6,10-11H2,(H,20,21). The highest BCUT2D eigenvalue weighted by Gasteiger charge is 2.15. The number of anilines is 1. The summed E-state index contributed by atoms with van der Waals surface area (Å²) in [6.07, 6.45) is 4.34. The lowest BCUT2D eigenvalue weighted by Gasteiger charge is -2.12. The molecule has 0 unspecified atom stereocenters. The van der Waals surface area contributed by atoms with Gasteiger partial charge in [-0.05, 0) is 11.6 Å². The SMILES string of the molecule is O=C(CSCc1cccnc1)Nc1cc2c(cc1Cl)OCCCO2. The lowest BCUT2D eigenvalue weighted by Crippen LogP contribution is -2.14. The van der Waals surface area contributed by atoms with Crippen molar-refractivity contribution in [2.24, 2.45) is 0 Å². The van der Waals surface area contributed by atoms with Gasteiger partial charge in [0.25, 0.3) is 0 Å². The normalized spacial score (nSPS) is 13.2. The first kappa shape index (κ1) is 16.9. The van der Waals surface area contributed by atoms with Crippen LogP contribution in [0.4, 0.5) is 5.69 Å². The Morgan fingerprint density at radius 3 is 2.83 bits per heavy atom. The molecule has 1 aliphatic rings. The van der Waals surface area contributed by atoms with Crippen molar-refractivity contribution in [1.82, 2.24) is 4.98 Å². The maximum Gasteiger partial charge on any atom is 0.234 e. The molecule has 126 valence electrons. The van der Waals surface area contributed by atoms with Gasteiger partial charge in [0, 0.05) is 36.7 Å². The molecule has 24 heavy (non-hydrogen) atoms. The van der Waals surface area contributed by atoms with E-state index in [4.69, 9.17) is 21.1 Å². The van der Waals surface area contributed by atoms with Crippen LogP contribution in [0.15, 0.2) is 36.7 Å². The van der Waals surface area contributed by atoms with Gasteiger partial charge in [-0.3, -0.25) is 9.78 Å². The van der Waals surface area contributed by atoms with Gasteiger partial charge in [-0.15, -0.1) is 11.8 Å². The molecule has 5 nitrogen and oxygen atoms in total. The Morgan fingerprint density at radius 2 is 2.08 bits per heavy atom. The van der Waals surface area contributed by atoms with Gasteiger partial charge in [0.1, 0.15) is 0 Å². The number of halogens is 1. The molecule has 1 aliphatic heterocycles. The van der Waals surface area contributed by atoms with E-state index in [2.05, 4.69) is 10.3 Å². The molecule has 0 aliphatic carbocycles. The fraction of sp³-hybridized carbons (Fsp3) is 0.294. The molecule has 2 aromatic rings. The molecule has 1 amide bonds. The second-order valence-corrected chi connectivity index (χ2v) is 6.62. The summed E-state index contributed by atoms with van der Waals surface area (Å²) in [6, 6.07) is 7.26. The molecule has 0 atom stereocenters. The Bertz CT molecular complexity index is 712. The third-order valence-electron chi connectivity index (χ3n) is 3.34. The molecule has 0 spiro atoms. The van der Waals surface area contributed by atoms with E-state index in [1.54, 1.807) is 24.5 Å². The highest BCUT2D eigenvalue weighted by Crippen LogP contribution is 2.37. The zero-order valence-corrected chi connectivity index (χ0v) is 14.5. The average Bonchev–Trinajstić information content (AvgIpc) is 2.81.